The van der Waals surface area contributed by atoms with Gasteiger partial charge in [-0.05, 0) is 56.8 Å². The van der Waals surface area contributed by atoms with Crippen LogP contribution in [0.15, 0.2) is 42.5 Å². The maximum Gasteiger partial charge on any atom is 0.322 e. The van der Waals surface area contributed by atoms with Crippen LogP contribution in [0.3, 0.4) is 0 Å². The molecule has 8 nitrogen and oxygen atoms in total. The minimum absolute atomic E-state index is 0.184. The number of hydrogen-bond acceptors (Lipinski definition) is 6. The lowest BCUT2D eigenvalue weighted by molar-refractivity contribution is 0.205. The zero-order chi connectivity index (χ0) is 25.2. The Morgan fingerprint density at radius 1 is 1.00 bits per heavy atom. The zero-order valence-corrected chi connectivity index (χ0v) is 20.9. The van der Waals surface area contributed by atoms with Crippen molar-refractivity contribution in [3.63, 3.8) is 0 Å². The Bertz CT molecular complexity index is 1260. The van der Waals surface area contributed by atoms with Crippen LogP contribution in [0.1, 0.15) is 22.4 Å². The van der Waals surface area contributed by atoms with Gasteiger partial charge < -0.3 is 24.8 Å². The van der Waals surface area contributed by atoms with Crippen LogP contribution in [-0.4, -0.2) is 65.6 Å². The molecule has 0 saturated carbocycles. The van der Waals surface area contributed by atoms with Crippen molar-refractivity contribution in [3.8, 4) is 11.6 Å². The fourth-order valence-electron chi connectivity index (χ4n) is 4.41. The summed E-state index contributed by atoms with van der Waals surface area (Å²) in [5, 5.41) is 2.97. The van der Waals surface area contributed by atoms with E-state index in [4.69, 9.17) is 14.7 Å². The van der Waals surface area contributed by atoms with E-state index in [0.29, 0.717) is 42.7 Å². The number of rotatable bonds is 4. The highest BCUT2D eigenvalue weighted by Crippen LogP contribution is 2.32. The average molecular weight is 491 g/mol. The van der Waals surface area contributed by atoms with Gasteiger partial charge in [0.05, 0.1) is 17.8 Å². The van der Waals surface area contributed by atoms with Gasteiger partial charge in [-0.3, -0.25) is 0 Å². The fourth-order valence-corrected chi connectivity index (χ4v) is 4.41. The number of hydrogen-bond donors (Lipinski definition) is 1. The molecule has 0 spiro atoms. The van der Waals surface area contributed by atoms with E-state index < -0.39 is 0 Å². The summed E-state index contributed by atoms with van der Waals surface area (Å²) in [6.45, 7) is 8.09. The second kappa shape index (κ2) is 10.1. The molecule has 2 aliphatic heterocycles. The Morgan fingerprint density at radius 2 is 1.75 bits per heavy atom. The predicted molar refractivity (Wildman–Crippen MR) is 137 cm³/mol. The molecular weight excluding hydrogens is 459 g/mol. The smallest absolute Gasteiger partial charge is 0.322 e. The highest BCUT2D eigenvalue weighted by Gasteiger charge is 2.28. The number of aromatic nitrogens is 2. The molecule has 1 fully saturated rings. The Labute approximate surface area is 210 Å². The average Bonchev–Trinajstić information content (AvgIpc) is 2.87. The number of aryl methyl sites for hydroxylation is 2. The maximum absolute atomic E-state index is 13.8. The molecule has 36 heavy (non-hydrogen) atoms. The monoisotopic (exact) mass is 490 g/mol. The Kier molecular flexibility index (Phi) is 6.73. The summed E-state index contributed by atoms with van der Waals surface area (Å²) in [5.74, 6) is 1.26. The third-order valence-corrected chi connectivity index (χ3v) is 6.73. The summed E-state index contributed by atoms with van der Waals surface area (Å²) in [6, 6.07) is 12.2. The van der Waals surface area contributed by atoms with E-state index >= 15 is 0 Å². The van der Waals surface area contributed by atoms with Gasteiger partial charge in [0.15, 0.2) is 0 Å². The lowest BCUT2D eigenvalue weighted by Gasteiger charge is -2.34. The molecule has 1 saturated heterocycles. The molecule has 3 aromatic rings. The van der Waals surface area contributed by atoms with Crippen molar-refractivity contribution in [1.82, 2.24) is 19.8 Å². The predicted octanol–water partition coefficient (Wildman–Crippen LogP) is 4.37. The number of piperazine rings is 1. The highest BCUT2D eigenvalue weighted by molar-refractivity contribution is 5.89. The molecular formula is C27H31FN6O2. The molecule has 2 aliphatic rings. The Hall–Kier alpha value is -3.72. The largest absolute Gasteiger partial charge is 0.438 e. The number of nitrogens with zero attached hydrogens (tertiary/aromatic N) is 5. The van der Waals surface area contributed by atoms with Gasteiger partial charge in [0, 0.05) is 44.8 Å². The van der Waals surface area contributed by atoms with Gasteiger partial charge >= 0.3 is 6.03 Å². The zero-order valence-electron chi connectivity index (χ0n) is 20.9. The maximum atomic E-state index is 13.8. The molecule has 1 N–H and O–H groups in total. The van der Waals surface area contributed by atoms with Crippen LogP contribution in [0.25, 0.3) is 0 Å². The van der Waals surface area contributed by atoms with Gasteiger partial charge in [-0.2, -0.15) is 4.98 Å². The van der Waals surface area contributed by atoms with Crippen LogP contribution in [0.2, 0.25) is 0 Å². The van der Waals surface area contributed by atoms with Gasteiger partial charge in [-0.25, -0.2) is 14.2 Å². The van der Waals surface area contributed by atoms with Crippen molar-refractivity contribution < 1.29 is 13.9 Å². The van der Waals surface area contributed by atoms with Gasteiger partial charge in [0.2, 0.25) is 11.8 Å². The van der Waals surface area contributed by atoms with Crippen molar-refractivity contribution in [1.29, 1.82) is 0 Å². The van der Waals surface area contributed by atoms with Crippen molar-refractivity contribution in [2.45, 2.75) is 26.8 Å². The third-order valence-electron chi connectivity index (χ3n) is 6.73. The van der Waals surface area contributed by atoms with Crippen molar-refractivity contribution in [3.05, 3.63) is 70.7 Å². The van der Waals surface area contributed by atoms with Crippen LogP contribution in [-0.2, 0) is 13.0 Å². The van der Waals surface area contributed by atoms with Gasteiger partial charge in [0.1, 0.15) is 11.6 Å². The first-order valence-electron chi connectivity index (χ1n) is 12.3. The quantitative estimate of drug-likeness (QED) is 0.586. The molecule has 1 aromatic heterocycles. The first kappa shape index (κ1) is 24.0. The van der Waals surface area contributed by atoms with Crippen LogP contribution in [0.5, 0.6) is 11.6 Å². The van der Waals surface area contributed by atoms with Gasteiger partial charge in [-0.15, -0.1) is 0 Å². The molecule has 0 radical (unpaired) electrons. The molecule has 2 aromatic carbocycles. The number of amides is 2. The fraction of sp³-hybridized carbons (Fsp3) is 0.370. The van der Waals surface area contributed by atoms with Crippen LogP contribution in [0, 0.1) is 19.7 Å². The van der Waals surface area contributed by atoms with E-state index in [1.165, 1.54) is 6.07 Å². The van der Waals surface area contributed by atoms with Crippen molar-refractivity contribution >= 4 is 17.7 Å². The summed E-state index contributed by atoms with van der Waals surface area (Å²) in [4.78, 5) is 28.9. The number of urea groups is 1. The number of fused-ring (bicyclic) bond motifs is 1. The molecule has 188 valence electrons. The molecule has 0 bridgehead atoms. The Morgan fingerprint density at radius 3 is 2.47 bits per heavy atom. The number of nitrogens with one attached hydrogen (secondary N) is 1. The summed E-state index contributed by atoms with van der Waals surface area (Å²) >= 11 is 0. The van der Waals surface area contributed by atoms with E-state index in [-0.39, 0.29) is 11.8 Å². The standard InChI is InChI=1S/C27H31FN6O2/c1-18-4-6-20(7-5-18)29-27(35)34-11-10-24-22(17-34)25(36-21-8-9-23(28)19(2)16-21)31-26(30-24)33-14-12-32(3)13-15-33/h4-9,16H,10-15,17H2,1-3H3,(H,29,35). The molecule has 0 aliphatic carbocycles. The van der Waals surface area contributed by atoms with E-state index in [0.717, 1.165) is 48.7 Å². The lowest BCUT2D eigenvalue weighted by Crippen LogP contribution is -2.45. The summed E-state index contributed by atoms with van der Waals surface area (Å²) in [5.41, 5.74) is 4.03. The number of carbonyl (C=O) groups excluding carboxylic acids is 1. The molecule has 0 atom stereocenters. The third kappa shape index (κ3) is 5.26. The molecule has 3 heterocycles. The number of likely N-dealkylation sites (N-methyl/N-ethyl adjacent to an activating group) is 1. The second-order valence-corrected chi connectivity index (χ2v) is 9.53. The van der Waals surface area contributed by atoms with Crippen LogP contribution < -0.4 is 15.0 Å². The van der Waals surface area contributed by atoms with Crippen LogP contribution in [0.4, 0.5) is 20.8 Å². The van der Waals surface area contributed by atoms with E-state index in [2.05, 4.69) is 22.2 Å². The second-order valence-electron chi connectivity index (χ2n) is 9.53. The number of ether oxygens (including phenoxy) is 1. The molecule has 9 heteroatoms. The minimum Gasteiger partial charge on any atom is -0.438 e. The number of benzene rings is 2. The molecule has 2 amide bonds. The summed E-state index contributed by atoms with van der Waals surface area (Å²) in [6.07, 6.45) is 0.596. The van der Waals surface area contributed by atoms with E-state index in [1.54, 1.807) is 24.0 Å². The van der Waals surface area contributed by atoms with Crippen molar-refractivity contribution in [2.24, 2.45) is 0 Å². The first-order chi connectivity index (χ1) is 17.4. The van der Waals surface area contributed by atoms with E-state index in [9.17, 15) is 9.18 Å². The minimum atomic E-state index is -0.288. The van der Waals surface area contributed by atoms with E-state index in [1.807, 2.05) is 31.2 Å². The highest BCUT2D eigenvalue weighted by atomic mass is 19.1. The summed E-state index contributed by atoms with van der Waals surface area (Å²) in [7, 11) is 2.10. The number of carbonyl (C=O) groups is 1. The number of halogens is 1. The number of anilines is 2. The Balaban J connectivity index is 1.43. The van der Waals surface area contributed by atoms with Gasteiger partial charge in [-0.1, -0.05) is 17.7 Å². The van der Waals surface area contributed by atoms with Crippen molar-refractivity contribution in [2.75, 3.05) is 50.0 Å². The lowest BCUT2D eigenvalue weighted by atomic mass is 10.1. The first-order valence-corrected chi connectivity index (χ1v) is 12.3. The molecule has 0 unspecified atom stereocenters. The normalized spacial score (nSPS) is 16.0. The topological polar surface area (TPSA) is 73.8 Å². The van der Waals surface area contributed by atoms with Gasteiger partial charge in [0.25, 0.3) is 0 Å². The SMILES string of the molecule is Cc1ccc(NC(=O)N2CCc3nc(N4CCN(C)CC4)nc(Oc4ccc(F)c(C)c4)c3C2)cc1. The summed E-state index contributed by atoms with van der Waals surface area (Å²) < 4.78 is 20.1. The van der Waals surface area contributed by atoms with Crippen LogP contribution >= 0.6 is 0 Å². The molecule has 5 rings (SSSR count).